The Morgan fingerprint density at radius 3 is 2.53 bits per heavy atom. The number of nitrogens with zero attached hydrogens (tertiary/aromatic N) is 1. The van der Waals surface area contributed by atoms with Gasteiger partial charge in [-0.1, -0.05) is 39.7 Å². The third kappa shape index (κ3) is 2.41. The average Bonchev–Trinajstić information content (AvgIpc) is 2.61. The van der Waals surface area contributed by atoms with Crippen LogP contribution in [0.2, 0.25) is 5.02 Å². The summed E-state index contributed by atoms with van der Waals surface area (Å²) in [5, 5.41) is 2.68. The van der Waals surface area contributed by atoms with Crippen molar-refractivity contribution in [1.82, 2.24) is 4.98 Å². The Morgan fingerprint density at radius 2 is 2.00 bits per heavy atom. The van der Waals surface area contributed by atoms with E-state index < -0.39 is 0 Å². The Bertz CT molecular complexity index is 464. The van der Waals surface area contributed by atoms with Crippen molar-refractivity contribution in [3.05, 3.63) is 39.9 Å². The minimum Gasteiger partial charge on any atom is -0.241 e. The van der Waals surface area contributed by atoms with E-state index in [4.69, 9.17) is 11.6 Å². The van der Waals surface area contributed by atoms with Gasteiger partial charge in [0.25, 0.3) is 0 Å². The van der Waals surface area contributed by atoms with Gasteiger partial charge in [0.15, 0.2) is 0 Å². The van der Waals surface area contributed by atoms with E-state index in [1.807, 2.05) is 31.2 Å². The molecule has 4 heteroatoms. The fourth-order valence-electron chi connectivity index (χ4n) is 1.27. The number of aromatic nitrogens is 1. The molecule has 1 aromatic carbocycles. The summed E-state index contributed by atoms with van der Waals surface area (Å²) in [7, 11) is 0. The van der Waals surface area contributed by atoms with Crippen LogP contribution in [0.1, 0.15) is 10.6 Å². The number of hydrogen-bond acceptors (Lipinski definition) is 2. The van der Waals surface area contributed by atoms with Crippen LogP contribution in [0.4, 0.5) is 0 Å². The zero-order valence-electron chi connectivity index (χ0n) is 8.13. The number of rotatable bonds is 2. The van der Waals surface area contributed by atoms with Crippen LogP contribution in [0.25, 0.3) is 10.6 Å². The van der Waals surface area contributed by atoms with Crippen molar-refractivity contribution in [3.63, 3.8) is 0 Å². The van der Waals surface area contributed by atoms with Crippen molar-refractivity contribution >= 4 is 38.9 Å². The molecule has 0 aliphatic carbocycles. The molecular formula is C11H9BrClNS. The first-order chi connectivity index (χ1) is 7.20. The predicted octanol–water partition coefficient (Wildman–Crippen LogP) is 4.67. The summed E-state index contributed by atoms with van der Waals surface area (Å²) < 4.78 is 0. The lowest BCUT2D eigenvalue weighted by molar-refractivity contribution is 1.23. The lowest BCUT2D eigenvalue weighted by atomic mass is 10.2. The molecule has 0 N–H and O–H groups in total. The highest BCUT2D eigenvalue weighted by Gasteiger charge is 2.07. The molecule has 2 rings (SSSR count). The Hall–Kier alpha value is -0.380. The Labute approximate surface area is 106 Å². The number of benzene rings is 1. The van der Waals surface area contributed by atoms with E-state index >= 15 is 0 Å². The molecule has 0 saturated carbocycles. The molecule has 0 fully saturated rings. The molecule has 0 unspecified atom stereocenters. The van der Waals surface area contributed by atoms with Crippen LogP contribution in [-0.4, -0.2) is 4.98 Å². The number of alkyl halides is 1. The third-order valence-electron chi connectivity index (χ3n) is 2.11. The molecule has 1 heterocycles. The molecule has 1 aromatic heterocycles. The highest BCUT2D eigenvalue weighted by molar-refractivity contribution is 9.08. The Balaban J connectivity index is 2.41. The van der Waals surface area contributed by atoms with Gasteiger partial charge in [-0.25, -0.2) is 4.98 Å². The van der Waals surface area contributed by atoms with Gasteiger partial charge in [0.1, 0.15) is 5.01 Å². The molecular weight excluding hydrogens is 294 g/mol. The lowest BCUT2D eigenvalue weighted by Crippen LogP contribution is -1.77. The van der Waals surface area contributed by atoms with Gasteiger partial charge >= 0.3 is 0 Å². The molecule has 2 aromatic rings. The van der Waals surface area contributed by atoms with Gasteiger partial charge in [0.05, 0.1) is 5.69 Å². The van der Waals surface area contributed by atoms with E-state index in [9.17, 15) is 0 Å². The summed E-state index contributed by atoms with van der Waals surface area (Å²) in [5.74, 6) is 0. The van der Waals surface area contributed by atoms with E-state index in [1.165, 1.54) is 4.88 Å². The molecule has 15 heavy (non-hydrogen) atoms. The van der Waals surface area contributed by atoms with Crippen LogP contribution in [-0.2, 0) is 5.33 Å². The molecule has 1 nitrogen and oxygen atoms in total. The molecule has 0 radical (unpaired) electrons. The normalized spacial score (nSPS) is 10.6. The summed E-state index contributed by atoms with van der Waals surface area (Å²) in [6.45, 7) is 2.03. The Kier molecular flexibility index (Phi) is 3.44. The van der Waals surface area contributed by atoms with Crippen LogP contribution < -0.4 is 0 Å². The predicted molar refractivity (Wildman–Crippen MR) is 69.9 cm³/mol. The minimum absolute atomic E-state index is 0.757. The minimum atomic E-state index is 0.757. The second kappa shape index (κ2) is 4.64. The second-order valence-electron chi connectivity index (χ2n) is 3.17. The van der Waals surface area contributed by atoms with E-state index in [0.29, 0.717) is 0 Å². The summed E-state index contributed by atoms with van der Waals surface area (Å²) in [5.41, 5.74) is 2.22. The van der Waals surface area contributed by atoms with Gasteiger partial charge in [-0.05, 0) is 19.1 Å². The third-order valence-corrected chi connectivity index (χ3v) is 4.50. The number of hydrogen-bond donors (Lipinski definition) is 0. The van der Waals surface area contributed by atoms with Crippen molar-refractivity contribution in [2.75, 3.05) is 0 Å². The summed E-state index contributed by atoms with van der Waals surface area (Å²) in [4.78, 5) is 5.80. The fraction of sp³-hybridized carbons (Fsp3) is 0.182. The van der Waals surface area contributed by atoms with Gasteiger partial charge in [-0.15, -0.1) is 11.3 Å². The van der Waals surface area contributed by atoms with Gasteiger partial charge < -0.3 is 0 Å². The van der Waals surface area contributed by atoms with Crippen LogP contribution in [0.15, 0.2) is 24.3 Å². The first kappa shape index (κ1) is 11.1. The van der Waals surface area contributed by atoms with E-state index in [-0.39, 0.29) is 0 Å². The largest absolute Gasteiger partial charge is 0.241 e. The molecule has 0 amide bonds. The smallest absolute Gasteiger partial charge is 0.123 e. The first-order valence-corrected chi connectivity index (χ1v) is 6.80. The molecule has 0 saturated heterocycles. The SMILES string of the molecule is Cc1nc(-c2ccc(Cl)cc2)sc1CBr. The summed E-state index contributed by atoms with van der Waals surface area (Å²) >= 11 is 11.0. The zero-order valence-corrected chi connectivity index (χ0v) is 11.3. The number of aryl methyl sites for hydroxylation is 1. The summed E-state index contributed by atoms with van der Waals surface area (Å²) in [6.07, 6.45) is 0. The van der Waals surface area contributed by atoms with Crippen LogP contribution in [0.5, 0.6) is 0 Å². The van der Waals surface area contributed by atoms with Crippen LogP contribution in [0.3, 0.4) is 0 Å². The van der Waals surface area contributed by atoms with Crippen LogP contribution in [0, 0.1) is 6.92 Å². The van der Waals surface area contributed by atoms with Crippen molar-refractivity contribution < 1.29 is 0 Å². The van der Waals surface area contributed by atoms with Gasteiger partial charge in [0.2, 0.25) is 0 Å². The molecule has 0 aliphatic rings. The standard InChI is InChI=1S/C11H9BrClNS/c1-7-10(6-12)15-11(14-7)8-2-4-9(13)5-3-8/h2-5H,6H2,1H3. The molecule has 0 spiro atoms. The van der Waals surface area contributed by atoms with Crippen molar-refractivity contribution in [2.45, 2.75) is 12.3 Å². The topological polar surface area (TPSA) is 12.9 Å². The summed E-state index contributed by atoms with van der Waals surface area (Å²) in [6, 6.07) is 7.78. The number of thiazole rings is 1. The van der Waals surface area contributed by atoms with E-state index in [0.717, 1.165) is 26.6 Å². The van der Waals surface area contributed by atoms with Crippen molar-refractivity contribution in [2.24, 2.45) is 0 Å². The van der Waals surface area contributed by atoms with Crippen molar-refractivity contribution in [1.29, 1.82) is 0 Å². The molecule has 0 atom stereocenters. The van der Waals surface area contributed by atoms with Crippen molar-refractivity contribution in [3.8, 4) is 10.6 Å². The highest BCUT2D eigenvalue weighted by Crippen LogP contribution is 2.29. The van der Waals surface area contributed by atoms with E-state index in [2.05, 4.69) is 20.9 Å². The quantitative estimate of drug-likeness (QED) is 0.735. The average molecular weight is 303 g/mol. The maximum Gasteiger partial charge on any atom is 0.123 e. The van der Waals surface area contributed by atoms with Crippen LogP contribution >= 0.6 is 38.9 Å². The molecule has 78 valence electrons. The second-order valence-corrected chi connectivity index (χ2v) is 5.25. The maximum atomic E-state index is 5.84. The molecule has 0 aliphatic heterocycles. The first-order valence-electron chi connectivity index (χ1n) is 4.49. The molecule has 0 bridgehead atoms. The number of halogens is 2. The lowest BCUT2D eigenvalue weighted by Gasteiger charge is -1.95. The monoisotopic (exact) mass is 301 g/mol. The van der Waals surface area contributed by atoms with E-state index in [1.54, 1.807) is 11.3 Å². The Morgan fingerprint density at radius 1 is 1.33 bits per heavy atom. The van der Waals surface area contributed by atoms with Gasteiger partial charge in [-0.3, -0.25) is 0 Å². The van der Waals surface area contributed by atoms with Gasteiger partial charge in [-0.2, -0.15) is 0 Å². The fourth-order valence-corrected chi connectivity index (χ4v) is 3.06. The highest BCUT2D eigenvalue weighted by atomic mass is 79.9. The van der Waals surface area contributed by atoms with Gasteiger partial charge in [0, 0.05) is 20.8 Å². The maximum absolute atomic E-state index is 5.84. The zero-order chi connectivity index (χ0) is 10.8.